The molecule has 3 nitrogen and oxygen atoms in total. The van der Waals surface area contributed by atoms with Crippen molar-refractivity contribution in [3.8, 4) is 0 Å². The number of hydrogen-bond acceptors (Lipinski definition) is 2. The third kappa shape index (κ3) is 1.94. The zero-order chi connectivity index (χ0) is 9.14. The highest BCUT2D eigenvalue weighted by Gasteiger charge is 2.28. The minimum atomic E-state index is -0.825. The molecule has 0 aliphatic carbocycles. The molecule has 0 aromatic heterocycles. The molecule has 70 valence electrons. The van der Waals surface area contributed by atoms with E-state index in [2.05, 4.69) is 0 Å². The Hall–Kier alpha value is -0.640. The maximum atomic E-state index is 12.2. The predicted molar refractivity (Wildman–Crippen MR) is 42.8 cm³/mol. The van der Waals surface area contributed by atoms with E-state index < -0.39 is 12.0 Å². The summed E-state index contributed by atoms with van der Waals surface area (Å²) < 4.78 is 12.2. The lowest BCUT2D eigenvalue weighted by molar-refractivity contribution is -0.142. The van der Waals surface area contributed by atoms with Crippen LogP contribution >= 0.6 is 0 Å². The SMILES string of the molecule is C[C@@H](C(=O)O)N1CC[C@@H](CF)C1. The van der Waals surface area contributed by atoms with Gasteiger partial charge in [-0.3, -0.25) is 14.1 Å². The zero-order valence-electron chi connectivity index (χ0n) is 7.16. The van der Waals surface area contributed by atoms with Gasteiger partial charge in [-0.15, -0.1) is 0 Å². The van der Waals surface area contributed by atoms with Gasteiger partial charge in [-0.25, -0.2) is 0 Å². The number of carboxylic acids is 1. The summed E-state index contributed by atoms with van der Waals surface area (Å²) in [5.41, 5.74) is 0. The van der Waals surface area contributed by atoms with E-state index in [0.29, 0.717) is 13.1 Å². The van der Waals surface area contributed by atoms with Gasteiger partial charge >= 0.3 is 5.97 Å². The molecule has 0 unspecified atom stereocenters. The highest BCUT2D eigenvalue weighted by atomic mass is 19.1. The molecule has 1 rings (SSSR count). The van der Waals surface area contributed by atoms with Crippen LogP contribution in [0.2, 0.25) is 0 Å². The van der Waals surface area contributed by atoms with E-state index in [4.69, 9.17) is 5.11 Å². The van der Waals surface area contributed by atoms with E-state index in [1.165, 1.54) is 0 Å². The topological polar surface area (TPSA) is 40.5 Å². The highest BCUT2D eigenvalue weighted by molar-refractivity contribution is 5.72. The number of hydrogen-bond donors (Lipinski definition) is 1. The van der Waals surface area contributed by atoms with Crippen molar-refractivity contribution in [2.45, 2.75) is 19.4 Å². The average Bonchev–Trinajstić information content (AvgIpc) is 2.50. The van der Waals surface area contributed by atoms with E-state index in [0.717, 1.165) is 6.42 Å². The Balaban J connectivity index is 2.41. The second-order valence-corrected chi connectivity index (χ2v) is 3.32. The average molecular weight is 175 g/mol. The van der Waals surface area contributed by atoms with Gasteiger partial charge in [0.05, 0.1) is 6.67 Å². The molecule has 0 radical (unpaired) electrons. The number of carbonyl (C=O) groups is 1. The van der Waals surface area contributed by atoms with Gasteiger partial charge in [0.25, 0.3) is 0 Å². The van der Waals surface area contributed by atoms with E-state index >= 15 is 0 Å². The van der Waals surface area contributed by atoms with Crippen LogP contribution in [0.25, 0.3) is 0 Å². The van der Waals surface area contributed by atoms with Gasteiger partial charge in [0, 0.05) is 12.5 Å². The lowest BCUT2D eigenvalue weighted by Gasteiger charge is -2.19. The normalized spacial score (nSPS) is 27.3. The lowest BCUT2D eigenvalue weighted by Crippen LogP contribution is -2.37. The first kappa shape index (κ1) is 9.45. The summed E-state index contributed by atoms with van der Waals surface area (Å²) >= 11 is 0. The third-order valence-electron chi connectivity index (χ3n) is 2.44. The number of aliphatic carboxylic acids is 1. The number of halogens is 1. The first-order valence-electron chi connectivity index (χ1n) is 4.18. The molecular formula is C8H14FNO2. The van der Waals surface area contributed by atoms with Crippen LogP contribution in [0.4, 0.5) is 4.39 Å². The lowest BCUT2D eigenvalue weighted by atomic mass is 10.1. The van der Waals surface area contributed by atoms with Crippen LogP contribution in [0.3, 0.4) is 0 Å². The van der Waals surface area contributed by atoms with Crippen LogP contribution in [0, 0.1) is 5.92 Å². The van der Waals surface area contributed by atoms with Crippen LogP contribution in [0.1, 0.15) is 13.3 Å². The molecule has 0 bridgehead atoms. The van der Waals surface area contributed by atoms with Gasteiger partial charge < -0.3 is 5.11 Å². The van der Waals surface area contributed by atoms with Crippen LogP contribution in [0.15, 0.2) is 0 Å². The van der Waals surface area contributed by atoms with Crippen LogP contribution < -0.4 is 0 Å². The Labute approximate surface area is 71.2 Å². The molecule has 1 aliphatic rings. The molecule has 1 saturated heterocycles. The standard InChI is InChI=1S/C8H14FNO2/c1-6(8(11)12)10-3-2-7(4-9)5-10/h6-7H,2-5H2,1H3,(H,11,12)/t6-,7-/m0/s1. The number of rotatable bonds is 3. The fourth-order valence-electron chi connectivity index (χ4n) is 1.50. The third-order valence-corrected chi connectivity index (χ3v) is 2.44. The number of likely N-dealkylation sites (tertiary alicyclic amines) is 1. The van der Waals surface area contributed by atoms with E-state index in [9.17, 15) is 9.18 Å². The van der Waals surface area contributed by atoms with Gasteiger partial charge in [-0.1, -0.05) is 0 Å². The van der Waals surface area contributed by atoms with Crippen molar-refractivity contribution >= 4 is 5.97 Å². The predicted octanol–water partition coefficient (Wildman–Crippen LogP) is 0.751. The van der Waals surface area contributed by atoms with Crippen molar-refractivity contribution in [3.63, 3.8) is 0 Å². The summed E-state index contributed by atoms with van der Waals surface area (Å²) in [4.78, 5) is 12.4. The van der Waals surface area contributed by atoms with Crippen molar-refractivity contribution in [3.05, 3.63) is 0 Å². The molecule has 0 spiro atoms. The van der Waals surface area contributed by atoms with Crippen LogP contribution in [-0.4, -0.2) is 41.8 Å². The summed E-state index contributed by atoms with van der Waals surface area (Å²) in [6.07, 6.45) is 0.786. The summed E-state index contributed by atoms with van der Waals surface area (Å²) in [6.45, 7) is 2.61. The van der Waals surface area contributed by atoms with E-state index in [-0.39, 0.29) is 12.6 Å². The Morgan fingerprint density at radius 3 is 2.92 bits per heavy atom. The Bertz CT molecular complexity index is 174. The maximum Gasteiger partial charge on any atom is 0.320 e. The minimum absolute atomic E-state index is 0.0480. The van der Waals surface area contributed by atoms with Gasteiger partial charge in [0.15, 0.2) is 0 Å². The highest BCUT2D eigenvalue weighted by Crippen LogP contribution is 2.18. The fourth-order valence-corrected chi connectivity index (χ4v) is 1.50. The van der Waals surface area contributed by atoms with Crippen molar-refractivity contribution in [2.75, 3.05) is 19.8 Å². The summed E-state index contributed by atoms with van der Waals surface area (Å²) in [6, 6.07) is -0.471. The molecule has 0 aromatic rings. The monoisotopic (exact) mass is 175 g/mol. The Kier molecular flexibility index (Phi) is 3.03. The molecule has 2 atom stereocenters. The molecule has 1 heterocycles. The summed E-state index contributed by atoms with van der Waals surface area (Å²) in [5, 5.41) is 8.67. The molecular weight excluding hydrogens is 161 g/mol. The number of nitrogens with zero attached hydrogens (tertiary/aromatic N) is 1. The number of alkyl halides is 1. The number of carboxylic acid groups (broad SMARTS) is 1. The van der Waals surface area contributed by atoms with Gasteiger partial charge in [-0.2, -0.15) is 0 Å². The Morgan fingerprint density at radius 2 is 2.50 bits per heavy atom. The van der Waals surface area contributed by atoms with Crippen molar-refractivity contribution in [2.24, 2.45) is 5.92 Å². The first-order valence-corrected chi connectivity index (χ1v) is 4.18. The molecule has 0 aromatic carbocycles. The second kappa shape index (κ2) is 3.85. The minimum Gasteiger partial charge on any atom is -0.480 e. The van der Waals surface area contributed by atoms with Crippen molar-refractivity contribution in [1.82, 2.24) is 4.90 Å². The zero-order valence-corrected chi connectivity index (χ0v) is 7.16. The summed E-state index contributed by atoms with van der Waals surface area (Å²) in [7, 11) is 0. The van der Waals surface area contributed by atoms with E-state index in [1.54, 1.807) is 6.92 Å². The molecule has 4 heteroatoms. The second-order valence-electron chi connectivity index (χ2n) is 3.32. The Morgan fingerprint density at radius 1 is 1.83 bits per heavy atom. The molecule has 0 amide bonds. The van der Waals surface area contributed by atoms with Crippen molar-refractivity contribution in [1.29, 1.82) is 0 Å². The van der Waals surface area contributed by atoms with Crippen molar-refractivity contribution < 1.29 is 14.3 Å². The largest absolute Gasteiger partial charge is 0.480 e. The molecule has 0 saturated carbocycles. The van der Waals surface area contributed by atoms with Gasteiger partial charge in [0.2, 0.25) is 0 Å². The molecule has 12 heavy (non-hydrogen) atoms. The van der Waals surface area contributed by atoms with Crippen LogP contribution in [0.5, 0.6) is 0 Å². The maximum absolute atomic E-state index is 12.2. The quantitative estimate of drug-likeness (QED) is 0.688. The van der Waals surface area contributed by atoms with Gasteiger partial charge in [-0.05, 0) is 19.9 Å². The first-order chi connectivity index (χ1) is 5.65. The fraction of sp³-hybridized carbons (Fsp3) is 0.875. The van der Waals surface area contributed by atoms with Gasteiger partial charge in [0.1, 0.15) is 6.04 Å². The molecule has 1 N–H and O–H groups in total. The molecule has 1 aliphatic heterocycles. The van der Waals surface area contributed by atoms with E-state index in [1.807, 2.05) is 4.90 Å². The van der Waals surface area contributed by atoms with Crippen LogP contribution in [-0.2, 0) is 4.79 Å². The summed E-state index contributed by atoms with van der Waals surface area (Å²) in [5.74, 6) is -0.777. The smallest absolute Gasteiger partial charge is 0.320 e. The molecule has 1 fully saturated rings.